The quantitative estimate of drug-likeness (QED) is 0.634. The van der Waals surface area contributed by atoms with E-state index in [0.29, 0.717) is 0 Å². The van der Waals surface area contributed by atoms with Gasteiger partial charge in [-0.15, -0.1) is 0 Å². The molecule has 83 valence electrons. The number of hydrogen-bond donors (Lipinski definition) is 0. The van der Waals surface area contributed by atoms with Crippen molar-refractivity contribution < 1.29 is 0 Å². The van der Waals surface area contributed by atoms with Gasteiger partial charge in [0.25, 0.3) is 0 Å². The minimum absolute atomic E-state index is 0.823. The van der Waals surface area contributed by atoms with Crippen LogP contribution in [0.25, 0.3) is 0 Å². The van der Waals surface area contributed by atoms with Crippen molar-refractivity contribution in [2.24, 2.45) is 23.7 Å². The van der Waals surface area contributed by atoms with Crippen molar-refractivity contribution in [1.82, 2.24) is 0 Å². The fourth-order valence-electron chi connectivity index (χ4n) is 3.22. The molecule has 0 saturated heterocycles. The molecule has 0 heterocycles. The van der Waals surface area contributed by atoms with Crippen LogP contribution in [0.5, 0.6) is 0 Å². The van der Waals surface area contributed by atoms with Crippen molar-refractivity contribution >= 4 is 0 Å². The van der Waals surface area contributed by atoms with Crippen LogP contribution in [0, 0.1) is 55.3 Å². The highest BCUT2D eigenvalue weighted by Gasteiger charge is 2.37. The summed E-state index contributed by atoms with van der Waals surface area (Å²) in [6.07, 6.45) is 13.3. The van der Waals surface area contributed by atoms with Gasteiger partial charge in [0.2, 0.25) is 0 Å². The van der Waals surface area contributed by atoms with Crippen LogP contribution in [0.4, 0.5) is 0 Å². The highest BCUT2D eigenvalue weighted by molar-refractivity contribution is 5.37. The third-order valence-electron chi connectivity index (χ3n) is 4.14. The van der Waals surface area contributed by atoms with E-state index in [1.165, 1.54) is 19.3 Å². The maximum absolute atomic E-state index is 2.41. The predicted molar refractivity (Wildman–Crippen MR) is 65.3 cm³/mol. The lowest BCUT2D eigenvalue weighted by atomic mass is 9.65. The van der Waals surface area contributed by atoms with Gasteiger partial charge < -0.3 is 0 Å². The molecule has 0 spiro atoms. The van der Waals surface area contributed by atoms with Crippen LogP contribution in [0.3, 0.4) is 0 Å². The first-order valence-electron chi connectivity index (χ1n) is 6.40. The molecule has 0 aromatic carbocycles. The van der Waals surface area contributed by atoms with E-state index in [2.05, 4.69) is 46.5 Å². The molecule has 0 heteroatoms. The molecule has 3 atom stereocenters. The summed E-state index contributed by atoms with van der Waals surface area (Å²) in [5.74, 6) is 5.06. The molecule has 2 saturated carbocycles. The van der Waals surface area contributed by atoms with Crippen molar-refractivity contribution in [3.05, 3.63) is 31.6 Å². The molecule has 0 N–H and O–H groups in total. The average Bonchev–Trinajstić information content (AvgIpc) is 2.69. The molecule has 0 aliphatic heterocycles. The van der Waals surface area contributed by atoms with Gasteiger partial charge in [0.05, 0.1) is 0 Å². The minimum Gasteiger partial charge on any atom is -0.0625 e. The molecule has 0 nitrogen and oxygen atoms in total. The van der Waals surface area contributed by atoms with Gasteiger partial charge in [0.1, 0.15) is 0 Å². The zero-order valence-corrected chi connectivity index (χ0v) is 10.2. The van der Waals surface area contributed by atoms with E-state index in [9.17, 15) is 0 Å². The van der Waals surface area contributed by atoms with Gasteiger partial charge in [-0.05, 0) is 68.1 Å². The zero-order chi connectivity index (χ0) is 10.8. The van der Waals surface area contributed by atoms with E-state index in [4.69, 9.17) is 0 Å². The third kappa shape index (κ3) is 2.57. The summed E-state index contributed by atoms with van der Waals surface area (Å²) in [7, 11) is 0. The van der Waals surface area contributed by atoms with Crippen LogP contribution >= 0.6 is 0 Å². The summed E-state index contributed by atoms with van der Waals surface area (Å²) in [4.78, 5) is 0. The Balaban J connectivity index is 2.01. The summed E-state index contributed by atoms with van der Waals surface area (Å²) in [6, 6.07) is 0. The van der Waals surface area contributed by atoms with Gasteiger partial charge in [-0.2, -0.15) is 0 Å². The lowest BCUT2D eigenvalue weighted by molar-refractivity contribution is 0.159. The molecule has 15 heavy (non-hydrogen) atoms. The Labute approximate surface area is 95.8 Å². The molecule has 0 unspecified atom stereocenters. The van der Waals surface area contributed by atoms with Gasteiger partial charge in [0.15, 0.2) is 0 Å². The van der Waals surface area contributed by atoms with Gasteiger partial charge >= 0.3 is 0 Å². The number of hydrogen-bond acceptors (Lipinski definition) is 0. The monoisotopic (exact) mass is 203 g/mol. The van der Waals surface area contributed by atoms with Gasteiger partial charge in [0, 0.05) is 0 Å². The van der Waals surface area contributed by atoms with Crippen molar-refractivity contribution in [3.8, 4) is 0 Å². The second-order valence-electron chi connectivity index (χ2n) is 5.65. The van der Waals surface area contributed by atoms with E-state index in [0.717, 1.165) is 23.7 Å². The van der Waals surface area contributed by atoms with E-state index < -0.39 is 0 Å². The summed E-state index contributed by atoms with van der Waals surface area (Å²) < 4.78 is 0. The lowest BCUT2D eigenvalue weighted by Gasteiger charge is -2.40. The molecule has 0 aromatic heterocycles. The van der Waals surface area contributed by atoms with Crippen molar-refractivity contribution in [2.75, 3.05) is 0 Å². The second kappa shape index (κ2) is 4.89. The normalized spacial score (nSPS) is 38.8. The third-order valence-corrected chi connectivity index (χ3v) is 4.14. The zero-order valence-electron chi connectivity index (χ0n) is 10.2. The standard InChI is InChI=1S/C15H23/c1-11(2)14-9-8-12(3)10-15(14)13-6-4-5-7-13/h4-7,11-12,14-15H,8-10H2,1-3H3/t12-,14+,15-/m0/s1. The Morgan fingerprint density at radius 1 is 1.13 bits per heavy atom. The molecule has 2 aliphatic rings. The van der Waals surface area contributed by atoms with Crippen LogP contribution in [-0.4, -0.2) is 0 Å². The fraction of sp³-hybridized carbons (Fsp3) is 0.667. The van der Waals surface area contributed by atoms with Crippen molar-refractivity contribution in [1.29, 1.82) is 0 Å². The average molecular weight is 203 g/mol. The molecular weight excluding hydrogens is 180 g/mol. The van der Waals surface area contributed by atoms with E-state index in [1.807, 2.05) is 0 Å². The Kier molecular flexibility index (Phi) is 3.74. The summed E-state index contributed by atoms with van der Waals surface area (Å²) in [5.41, 5.74) is 0. The molecule has 2 rings (SSSR count). The minimum atomic E-state index is 0.823. The largest absolute Gasteiger partial charge is 0.0625 e. The maximum atomic E-state index is 2.41. The Bertz CT molecular complexity index is 188. The first-order chi connectivity index (χ1) is 7.18. The second-order valence-corrected chi connectivity index (χ2v) is 5.65. The molecule has 5 radical (unpaired) electrons. The molecule has 2 fully saturated rings. The Hall–Kier alpha value is 0. The fourth-order valence-corrected chi connectivity index (χ4v) is 3.22. The number of rotatable bonds is 2. The highest BCUT2D eigenvalue weighted by Crippen LogP contribution is 2.46. The molecule has 0 amide bonds. The summed E-state index contributed by atoms with van der Waals surface area (Å²) in [5, 5.41) is 0. The Morgan fingerprint density at radius 3 is 2.40 bits per heavy atom. The van der Waals surface area contributed by atoms with Crippen molar-refractivity contribution in [2.45, 2.75) is 40.0 Å². The van der Waals surface area contributed by atoms with Crippen molar-refractivity contribution in [3.63, 3.8) is 0 Å². The van der Waals surface area contributed by atoms with Gasteiger partial charge in [-0.25, -0.2) is 0 Å². The SMILES string of the molecule is CC(C)[C@H]1CC[C@H](C)C[C@H]1[C]1[CH][CH][CH][CH]1. The van der Waals surface area contributed by atoms with E-state index >= 15 is 0 Å². The van der Waals surface area contributed by atoms with E-state index in [1.54, 1.807) is 5.92 Å². The first-order valence-corrected chi connectivity index (χ1v) is 6.40. The lowest BCUT2D eigenvalue weighted by Crippen LogP contribution is -2.31. The molecule has 2 aliphatic carbocycles. The molecular formula is C15H23. The highest BCUT2D eigenvalue weighted by atomic mass is 14.4. The first kappa shape index (κ1) is 11.5. The van der Waals surface area contributed by atoms with Crippen LogP contribution in [0.15, 0.2) is 0 Å². The van der Waals surface area contributed by atoms with Gasteiger partial charge in [-0.3, -0.25) is 0 Å². The van der Waals surface area contributed by atoms with Crippen LogP contribution < -0.4 is 0 Å². The van der Waals surface area contributed by atoms with E-state index in [-0.39, 0.29) is 0 Å². The molecule has 0 aromatic rings. The van der Waals surface area contributed by atoms with Gasteiger partial charge in [-0.1, -0.05) is 27.2 Å². The van der Waals surface area contributed by atoms with Crippen LogP contribution in [0.1, 0.15) is 40.0 Å². The van der Waals surface area contributed by atoms with Crippen LogP contribution in [0.2, 0.25) is 0 Å². The van der Waals surface area contributed by atoms with Crippen LogP contribution in [-0.2, 0) is 0 Å². The summed E-state index contributed by atoms with van der Waals surface area (Å²) >= 11 is 0. The summed E-state index contributed by atoms with van der Waals surface area (Å²) in [6.45, 7) is 7.18. The predicted octanol–water partition coefficient (Wildman–Crippen LogP) is 4.10. The topological polar surface area (TPSA) is 0 Å². The molecule has 0 bridgehead atoms. The Morgan fingerprint density at radius 2 is 1.80 bits per heavy atom. The smallest absolute Gasteiger partial charge is 0.0133 e. The maximum Gasteiger partial charge on any atom is -0.0133 e.